The molecule has 0 aromatic heterocycles. The number of nitrogens with one attached hydrogen (secondary N) is 1. The average Bonchev–Trinajstić information content (AvgIpc) is 2.53. The summed E-state index contributed by atoms with van der Waals surface area (Å²) >= 11 is 0. The lowest BCUT2D eigenvalue weighted by molar-refractivity contribution is -0.0635. The predicted molar refractivity (Wildman–Crippen MR) is 74.5 cm³/mol. The summed E-state index contributed by atoms with van der Waals surface area (Å²) in [5.41, 5.74) is 0. The Bertz CT molecular complexity index is 286. The van der Waals surface area contributed by atoms with Gasteiger partial charge in [0, 0.05) is 25.2 Å². The second-order valence-electron chi connectivity index (χ2n) is 7.60. The fourth-order valence-electron chi connectivity index (χ4n) is 5.82. The highest BCUT2D eigenvalue weighted by Gasteiger charge is 2.49. The minimum atomic E-state index is 0.729. The van der Waals surface area contributed by atoms with Crippen LogP contribution < -0.4 is 5.32 Å². The Labute approximate surface area is 111 Å². The largest absolute Gasteiger partial charge is 0.313 e. The van der Waals surface area contributed by atoms with Crippen LogP contribution in [0.3, 0.4) is 0 Å². The second kappa shape index (κ2) is 4.49. The van der Waals surface area contributed by atoms with E-state index in [9.17, 15) is 0 Å². The van der Waals surface area contributed by atoms with Gasteiger partial charge in [0.15, 0.2) is 0 Å². The third-order valence-corrected chi connectivity index (χ3v) is 6.34. The summed E-state index contributed by atoms with van der Waals surface area (Å²) in [4.78, 5) is 2.88. The summed E-state index contributed by atoms with van der Waals surface area (Å²) in [5, 5.41) is 3.66. The fraction of sp³-hybridized carbons (Fsp3) is 1.00. The van der Waals surface area contributed by atoms with Crippen molar-refractivity contribution in [3.05, 3.63) is 0 Å². The van der Waals surface area contributed by atoms with E-state index >= 15 is 0 Å². The zero-order chi connectivity index (χ0) is 12.1. The molecule has 1 heterocycles. The van der Waals surface area contributed by atoms with E-state index < -0.39 is 0 Å². The van der Waals surface area contributed by atoms with Crippen molar-refractivity contribution in [3.63, 3.8) is 0 Å². The van der Waals surface area contributed by atoms with E-state index in [1.54, 1.807) is 32.1 Å². The van der Waals surface area contributed by atoms with Crippen LogP contribution in [0.4, 0.5) is 0 Å². The van der Waals surface area contributed by atoms with Gasteiger partial charge in [0.1, 0.15) is 0 Å². The smallest absolute Gasteiger partial charge is 0.0153 e. The van der Waals surface area contributed by atoms with Gasteiger partial charge < -0.3 is 5.32 Å². The van der Waals surface area contributed by atoms with Gasteiger partial charge in [0.2, 0.25) is 0 Å². The summed E-state index contributed by atoms with van der Waals surface area (Å²) in [6.45, 7) is 6.21. The normalized spacial score (nSPS) is 52.5. The van der Waals surface area contributed by atoms with Crippen LogP contribution in [0.25, 0.3) is 0 Å². The Morgan fingerprint density at radius 3 is 2.22 bits per heavy atom. The molecule has 1 atom stereocenters. The number of nitrogens with zero attached hydrogens (tertiary/aromatic N) is 1. The number of hydrogen-bond acceptors (Lipinski definition) is 2. The van der Waals surface area contributed by atoms with Crippen LogP contribution in [0.15, 0.2) is 0 Å². The molecule has 0 radical (unpaired) electrons. The van der Waals surface area contributed by atoms with Crippen LogP contribution in [0.5, 0.6) is 0 Å². The van der Waals surface area contributed by atoms with Crippen molar-refractivity contribution in [1.82, 2.24) is 10.2 Å². The zero-order valence-corrected chi connectivity index (χ0v) is 11.8. The van der Waals surface area contributed by atoms with E-state index in [1.165, 1.54) is 26.1 Å². The van der Waals surface area contributed by atoms with E-state index in [0.29, 0.717) is 0 Å². The minimum Gasteiger partial charge on any atom is -0.313 e. The summed E-state index contributed by atoms with van der Waals surface area (Å²) in [6, 6.07) is 1.69. The average molecular weight is 248 g/mol. The standard InChI is InChI=1S/C16H28N2/c1-11-2-4-18(5-3-17-11)16-14-7-12-6-13(9-14)10-15(16)8-12/h11-17H,2-10H2,1H3. The lowest BCUT2D eigenvalue weighted by Gasteiger charge is -2.57. The Morgan fingerprint density at radius 2 is 1.56 bits per heavy atom. The van der Waals surface area contributed by atoms with Crippen molar-refractivity contribution in [3.8, 4) is 0 Å². The highest BCUT2D eigenvalue weighted by Crippen LogP contribution is 2.55. The highest BCUT2D eigenvalue weighted by molar-refractivity contribution is 5.02. The molecule has 4 aliphatic carbocycles. The molecular formula is C16H28N2. The van der Waals surface area contributed by atoms with E-state index in [-0.39, 0.29) is 0 Å². The van der Waals surface area contributed by atoms with Gasteiger partial charge >= 0.3 is 0 Å². The fourth-order valence-corrected chi connectivity index (χ4v) is 5.82. The molecule has 1 aliphatic heterocycles. The van der Waals surface area contributed by atoms with Crippen LogP contribution >= 0.6 is 0 Å². The zero-order valence-electron chi connectivity index (χ0n) is 11.8. The molecule has 102 valence electrons. The van der Waals surface area contributed by atoms with E-state index in [0.717, 1.165) is 35.8 Å². The maximum absolute atomic E-state index is 3.66. The quantitative estimate of drug-likeness (QED) is 0.767. The lowest BCUT2D eigenvalue weighted by atomic mass is 9.54. The SMILES string of the molecule is CC1CCN(C2C3CC4CC(C3)CC2C4)CCN1. The Kier molecular flexibility index (Phi) is 2.92. The van der Waals surface area contributed by atoms with Crippen LogP contribution in [0.1, 0.15) is 45.4 Å². The van der Waals surface area contributed by atoms with Gasteiger partial charge in [0.25, 0.3) is 0 Å². The second-order valence-corrected chi connectivity index (χ2v) is 7.60. The molecule has 1 unspecified atom stereocenters. The first-order chi connectivity index (χ1) is 8.79. The topological polar surface area (TPSA) is 15.3 Å². The van der Waals surface area contributed by atoms with Gasteiger partial charge in [-0.15, -0.1) is 0 Å². The van der Waals surface area contributed by atoms with Gasteiger partial charge in [-0.1, -0.05) is 0 Å². The van der Waals surface area contributed by atoms with Crippen molar-refractivity contribution in [2.75, 3.05) is 19.6 Å². The maximum Gasteiger partial charge on any atom is 0.0153 e. The predicted octanol–water partition coefficient (Wildman–Crippen LogP) is 2.49. The third-order valence-electron chi connectivity index (χ3n) is 6.34. The van der Waals surface area contributed by atoms with Crippen molar-refractivity contribution < 1.29 is 0 Å². The molecule has 0 amide bonds. The van der Waals surface area contributed by atoms with E-state index in [2.05, 4.69) is 17.1 Å². The van der Waals surface area contributed by atoms with Gasteiger partial charge in [0.05, 0.1) is 0 Å². The van der Waals surface area contributed by atoms with Crippen molar-refractivity contribution >= 4 is 0 Å². The molecule has 18 heavy (non-hydrogen) atoms. The molecule has 2 heteroatoms. The van der Waals surface area contributed by atoms with Gasteiger partial charge in [-0.25, -0.2) is 0 Å². The van der Waals surface area contributed by atoms with Gasteiger partial charge in [-0.3, -0.25) is 4.90 Å². The van der Waals surface area contributed by atoms with Crippen LogP contribution in [0.2, 0.25) is 0 Å². The van der Waals surface area contributed by atoms with Crippen LogP contribution in [-0.2, 0) is 0 Å². The Hall–Kier alpha value is -0.0800. The first-order valence-electron chi connectivity index (χ1n) is 8.27. The molecule has 5 fully saturated rings. The van der Waals surface area contributed by atoms with Crippen molar-refractivity contribution in [2.24, 2.45) is 23.7 Å². The number of hydrogen-bond donors (Lipinski definition) is 1. The molecule has 0 spiro atoms. The number of rotatable bonds is 1. The molecule has 5 rings (SSSR count). The van der Waals surface area contributed by atoms with Gasteiger partial charge in [-0.2, -0.15) is 0 Å². The highest BCUT2D eigenvalue weighted by atomic mass is 15.2. The van der Waals surface area contributed by atoms with Crippen LogP contribution in [-0.4, -0.2) is 36.6 Å². The molecule has 1 N–H and O–H groups in total. The minimum absolute atomic E-state index is 0.729. The molecule has 2 nitrogen and oxygen atoms in total. The first kappa shape index (κ1) is 11.7. The lowest BCUT2D eigenvalue weighted by Crippen LogP contribution is -2.56. The van der Waals surface area contributed by atoms with Crippen LogP contribution in [0, 0.1) is 23.7 Å². The summed E-state index contributed by atoms with van der Waals surface area (Å²) in [6.07, 6.45) is 9.20. The first-order valence-corrected chi connectivity index (χ1v) is 8.27. The molecule has 4 saturated carbocycles. The Balaban J connectivity index is 1.50. The Morgan fingerprint density at radius 1 is 0.889 bits per heavy atom. The summed E-state index contributed by atoms with van der Waals surface area (Å²) in [5.74, 6) is 4.37. The monoisotopic (exact) mass is 248 g/mol. The summed E-state index contributed by atoms with van der Waals surface area (Å²) < 4.78 is 0. The maximum atomic E-state index is 3.66. The summed E-state index contributed by atoms with van der Waals surface area (Å²) in [7, 11) is 0. The molecule has 4 bridgehead atoms. The molecule has 1 saturated heterocycles. The van der Waals surface area contributed by atoms with Gasteiger partial charge in [-0.05, 0) is 75.7 Å². The molecular weight excluding hydrogens is 220 g/mol. The van der Waals surface area contributed by atoms with Crippen molar-refractivity contribution in [1.29, 1.82) is 0 Å². The molecule has 0 aromatic rings. The van der Waals surface area contributed by atoms with Crippen molar-refractivity contribution in [2.45, 2.75) is 57.5 Å². The molecule has 0 aromatic carbocycles. The molecule has 5 aliphatic rings. The van der Waals surface area contributed by atoms with E-state index in [4.69, 9.17) is 0 Å². The van der Waals surface area contributed by atoms with E-state index in [1.807, 2.05) is 0 Å². The third kappa shape index (κ3) is 1.92.